The smallest absolute Gasteiger partial charge is 0.420 e. The minimum Gasteiger partial charge on any atom is -0.445 e. The van der Waals surface area contributed by atoms with Crippen LogP contribution in [0.15, 0.2) is 12.7 Å². The molecule has 0 aromatic carbocycles. The van der Waals surface area contributed by atoms with E-state index in [2.05, 4.69) is 11.3 Å². The van der Waals surface area contributed by atoms with Gasteiger partial charge in [-0.25, -0.2) is 9.59 Å². The van der Waals surface area contributed by atoms with Crippen molar-refractivity contribution >= 4 is 18.0 Å². The number of carbonyl (C=O) groups excluding carboxylic acids is 3. The topological polar surface area (TPSA) is 95.9 Å². The Hall–Kier alpha value is -1.89. The Kier molecular flexibility index (Phi) is 2.82. The number of amides is 4. The second-order valence-electron chi connectivity index (χ2n) is 2.40. The molecule has 14 heavy (non-hydrogen) atoms. The first kappa shape index (κ1) is 10.2. The molecule has 1 aliphatic rings. The van der Waals surface area contributed by atoms with E-state index < -0.39 is 24.3 Å². The maximum atomic E-state index is 11.1. The van der Waals surface area contributed by atoms with Gasteiger partial charge < -0.3 is 9.84 Å². The summed E-state index contributed by atoms with van der Waals surface area (Å²) in [6.07, 6.45) is -1.62. The van der Waals surface area contributed by atoms with E-state index in [9.17, 15) is 14.4 Å². The third-order valence-electron chi connectivity index (χ3n) is 1.45. The van der Waals surface area contributed by atoms with Gasteiger partial charge in [0.25, 0.3) is 5.91 Å². The highest BCUT2D eigenvalue weighted by molar-refractivity contribution is 6.09. The lowest BCUT2D eigenvalue weighted by molar-refractivity contribution is -0.129. The van der Waals surface area contributed by atoms with Crippen molar-refractivity contribution in [2.45, 2.75) is 6.23 Å². The van der Waals surface area contributed by atoms with Crippen molar-refractivity contribution in [3.63, 3.8) is 0 Å². The third kappa shape index (κ3) is 1.72. The number of hydrogen-bond donors (Lipinski definition) is 2. The molecule has 7 nitrogen and oxygen atoms in total. The van der Waals surface area contributed by atoms with Crippen molar-refractivity contribution in [1.82, 2.24) is 10.2 Å². The summed E-state index contributed by atoms with van der Waals surface area (Å²) in [7, 11) is 0. The van der Waals surface area contributed by atoms with Gasteiger partial charge in [-0.3, -0.25) is 10.1 Å². The van der Waals surface area contributed by atoms with Crippen LogP contribution in [0.3, 0.4) is 0 Å². The maximum absolute atomic E-state index is 11.1. The van der Waals surface area contributed by atoms with Crippen LogP contribution in [0.25, 0.3) is 0 Å². The molecule has 0 saturated carbocycles. The number of ether oxygens (including phenoxy) is 1. The summed E-state index contributed by atoms with van der Waals surface area (Å²) in [4.78, 5) is 33.0. The summed E-state index contributed by atoms with van der Waals surface area (Å²) in [5.41, 5.74) is 0. The second-order valence-corrected chi connectivity index (χ2v) is 2.40. The zero-order chi connectivity index (χ0) is 10.7. The van der Waals surface area contributed by atoms with Gasteiger partial charge >= 0.3 is 12.1 Å². The highest BCUT2D eigenvalue weighted by Crippen LogP contribution is 2.07. The summed E-state index contributed by atoms with van der Waals surface area (Å²) in [6, 6.07) is -1.00. The lowest BCUT2D eigenvalue weighted by Crippen LogP contribution is -2.40. The van der Waals surface area contributed by atoms with E-state index in [0.29, 0.717) is 0 Å². The van der Waals surface area contributed by atoms with Gasteiger partial charge in [-0.05, 0) is 0 Å². The molecular weight excluding hydrogens is 192 g/mol. The fraction of sp³-hybridized carbons (Fsp3) is 0.286. The predicted octanol–water partition coefficient (Wildman–Crippen LogP) is -0.821. The van der Waals surface area contributed by atoms with Crippen molar-refractivity contribution in [3.05, 3.63) is 12.7 Å². The van der Waals surface area contributed by atoms with Crippen LogP contribution in [-0.4, -0.2) is 40.9 Å². The third-order valence-corrected chi connectivity index (χ3v) is 1.45. The van der Waals surface area contributed by atoms with Crippen LogP contribution in [0.4, 0.5) is 9.59 Å². The van der Waals surface area contributed by atoms with E-state index in [4.69, 9.17) is 5.11 Å². The Labute approximate surface area is 78.9 Å². The zero-order valence-corrected chi connectivity index (χ0v) is 7.10. The van der Waals surface area contributed by atoms with Crippen molar-refractivity contribution in [1.29, 1.82) is 0 Å². The number of aliphatic hydroxyl groups excluding tert-OH is 1. The summed E-state index contributed by atoms with van der Waals surface area (Å²) in [5.74, 6) is -0.953. The molecule has 0 aromatic rings. The Morgan fingerprint density at radius 3 is 2.79 bits per heavy atom. The van der Waals surface area contributed by atoms with Crippen molar-refractivity contribution < 1.29 is 24.2 Å². The standard InChI is InChI=1S/C7H8N2O5/c1-2-3-14-7(13)9-5(11)4(10)8-6(9)12/h2,5,11H,1,3H2,(H,8,10,12). The Morgan fingerprint density at radius 1 is 1.71 bits per heavy atom. The largest absolute Gasteiger partial charge is 0.445 e. The molecule has 1 unspecified atom stereocenters. The van der Waals surface area contributed by atoms with E-state index in [1.54, 1.807) is 5.32 Å². The average molecular weight is 200 g/mol. The first-order chi connectivity index (χ1) is 6.57. The zero-order valence-electron chi connectivity index (χ0n) is 7.10. The first-order valence-corrected chi connectivity index (χ1v) is 3.67. The monoisotopic (exact) mass is 200 g/mol. The number of urea groups is 1. The molecule has 0 spiro atoms. The SMILES string of the molecule is C=CCOC(=O)N1C(=O)NC(=O)C1O. The van der Waals surface area contributed by atoms with Gasteiger partial charge in [-0.2, -0.15) is 4.90 Å². The molecule has 1 heterocycles. The molecule has 1 fully saturated rings. The minimum absolute atomic E-state index is 0.108. The lowest BCUT2D eigenvalue weighted by Gasteiger charge is -2.13. The number of nitrogens with zero attached hydrogens (tertiary/aromatic N) is 1. The van der Waals surface area contributed by atoms with Crippen molar-refractivity contribution in [3.8, 4) is 0 Å². The number of aliphatic hydroxyl groups is 1. The van der Waals surface area contributed by atoms with E-state index in [0.717, 1.165) is 0 Å². The number of rotatable bonds is 2. The number of hydrogen-bond acceptors (Lipinski definition) is 5. The first-order valence-electron chi connectivity index (χ1n) is 3.67. The van der Waals surface area contributed by atoms with Gasteiger partial charge in [0.15, 0.2) is 0 Å². The van der Waals surface area contributed by atoms with Crippen LogP contribution in [0.2, 0.25) is 0 Å². The molecule has 1 saturated heterocycles. The molecular formula is C7H8N2O5. The summed E-state index contributed by atoms with van der Waals surface area (Å²) < 4.78 is 4.46. The quantitative estimate of drug-likeness (QED) is 0.448. The molecule has 1 aliphatic heterocycles. The van der Waals surface area contributed by atoms with Gasteiger partial charge in [0.1, 0.15) is 6.61 Å². The Morgan fingerprint density at radius 2 is 2.36 bits per heavy atom. The molecule has 0 bridgehead atoms. The van der Waals surface area contributed by atoms with Gasteiger partial charge in [0.05, 0.1) is 0 Å². The maximum Gasteiger partial charge on any atom is 0.420 e. The average Bonchev–Trinajstić information content (AvgIpc) is 2.38. The van der Waals surface area contributed by atoms with Crippen molar-refractivity contribution in [2.75, 3.05) is 6.61 Å². The molecule has 76 valence electrons. The number of nitrogens with one attached hydrogen (secondary N) is 1. The number of imide groups is 2. The Balaban J connectivity index is 2.67. The summed E-state index contributed by atoms with van der Waals surface area (Å²) in [6.45, 7) is 3.18. The fourth-order valence-electron chi connectivity index (χ4n) is 0.841. The summed E-state index contributed by atoms with van der Waals surface area (Å²) >= 11 is 0. The Bertz CT molecular complexity index is 300. The van der Waals surface area contributed by atoms with Crippen LogP contribution in [0, 0.1) is 0 Å². The lowest BCUT2D eigenvalue weighted by atomic mass is 10.5. The normalized spacial score (nSPS) is 20.6. The highest BCUT2D eigenvalue weighted by atomic mass is 16.6. The highest BCUT2D eigenvalue weighted by Gasteiger charge is 2.42. The molecule has 1 atom stereocenters. The fourth-order valence-corrected chi connectivity index (χ4v) is 0.841. The predicted molar refractivity (Wildman–Crippen MR) is 42.9 cm³/mol. The van der Waals surface area contributed by atoms with E-state index in [-0.39, 0.29) is 11.5 Å². The number of carbonyl (C=O) groups is 3. The van der Waals surface area contributed by atoms with Crippen LogP contribution >= 0.6 is 0 Å². The minimum atomic E-state index is -1.82. The molecule has 2 N–H and O–H groups in total. The molecule has 4 amide bonds. The van der Waals surface area contributed by atoms with Crippen molar-refractivity contribution in [2.24, 2.45) is 0 Å². The van der Waals surface area contributed by atoms with Crippen LogP contribution in [0.5, 0.6) is 0 Å². The van der Waals surface area contributed by atoms with Crippen LogP contribution < -0.4 is 5.32 Å². The summed E-state index contributed by atoms with van der Waals surface area (Å²) in [5, 5.41) is 10.8. The van der Waals surface area contributed by atoms with Crippen LogP contribution in [-0.2, 0) is 9.53 Å². The molecule has 7 heteroatoms. The molecule has 0 aliphatic carbocycles. The van der Waals surface area contributed by atoms with E-state index in [1.165, 1.54) is 6.08 Å². The molecule has 0 aromatic heterocycles. The molecule has 1 rings (SSSR count). The second kappa shape index (κ2) is 3.88. The van der Waals surface area contributed by atoms with Gasteiger partial charge in [-0.1, -0.05) is 12.7 Å². The van der Waals surface area contributed by atoms with Gasteiger partial charge in [-0.15, -0.1) is 0 Å². The molecule has 0 radical (unpaired) electrons. The van der Waals surface area contributed by atoms with Crippen LogP contribution in [0.1, 0.15) is 0 Å². The van der Waals surface area contributed by atoms with E-state index >= 15 is 0 Å². The van der Waals surface area contributed by atoms with Gasteiger partial charge in [0.2, 0.25) is 6.23 Å². The van der Waals surface area contributed by atoms with E-state index in [1.807, 2.05) is 0 Å². The van der Waals surface area contributed by atoms with Gasteiger partial charge in [0, 0.05) is 0 Å².